The molecule has 0 N–H and O–H groups in total. The zero-order valence-electron chi connectivity index (χ0n) is 9.60. The van der Waals surface area contributed by atoms with Crippen LogP contribution in [0.25, 0.3) is 0 Å². The second-order valence-electron chi connectivity index (χ2n) is 3.85. The van der Waals surface area contributed by atoms with Gasteiger partial charge in [0.25, 0.3) is 0 Å². The Labute approximate surface area is 108 Å². The molecule has 0 radical (unpaired) electrons. The molecule has 1 heterocycles. The Morgan fingerprint density at radius 3 is 2.67 bits per heavy atom. The Morgan fingerprint density at radius 1 is 1.39 bits per heavy atom. The van der Waals surface area contributed by atoms with E-state index in [1.807, 2.05) is 0 Å². The van der Waals surface area contributed by atoms with Gasteiger partial charge in [0.15, 0.2) is 5.78 Å². The van der Waals surface area contributed by atoms with Crippen molar-refractivity contribution in [1.29, 1.82) is 0 Å². The molecule has 1 aromatic carbocycles. The lowest BCUT2D eigenvalue weighted by molar-refractivity contribution is -0.121. The fraction of sp³-hybridized carbons (Fsp3) is 0.250. The van der Waals surface area contributed by atoms with Crippen LogP contribution in [0.4, 0.5) is 5.69 Å². The minimum atomic E-state index is -0.583. The van der Waals surface area contributed by atoms with Crippen molar-refractivity contribution in [3.05, 3.63) is 28.8 Å². The van der Waals surface area contributed by atoms with Crippen LogP contribution < -0.4 is 4.90 Å². The number of esters is 1. The minimum absolute atomic E-state index is 0.0288. The number of amides is 1. The topological polar surface area (TPSA) is 63.7 Å². The summed E-state index contributed by atoms with van der Waals surface area (Å²) in [4.78, 5) is 35.6. The van der Waals surface area contributed by atoms with Gasteiger partial charge < -0.3 is 9.64 Å². The van der Waals surface area contributed by atoms with E-state index in [1.165, 1.54) is 24.1 Å². The van der Waals surface area contributed by atoms with Gasteiger partial charge in [-0.2, -0.15) is 0 Å². The lowest BCUT2D eigenvalue weighted by Gasteiger charge is -2.15. The van der Waals surface area contributed by atoms with Crippen LogP contribution in [0.2, 0.25) is 5.02 Å². The zero-order chi connectivity index (χ0) is 13.3. The van der Waals surface area contributed by atoms with Gasteiger partial charge in [-0.15, -0.1) is 0 Å². The molecule has 0 unspecified atom stereocenters. The average molecular weight is 268 g/mol. The summed E-state index contributed by atoms with van der Waals surface area (Å²) in [5, 5.41) is 0.239. The van der Waals surface area contributed by atoms with Gasteiger partial charge in [-0.1, -0.05) is 11.6 Å². The van der Waals surface area contributed by atoms with Crippen LogP contribution in [-0.4, -0.2) is 31.3 Å². The second-order valence-corrected chi connectivity index (χ2v) is 4.26. The molecule has 5 nitrogen and oxygen atoms in total. The molecule has 1 fully saturated rings. The predicted molar refractivity (Wildman–Crippen MR) is 64.8 cm³/mol. The monoisotopic (exact) mass is 267 g/mol. The first kappa shape index (κ1) is 12.6. The Morgan fingerprint density at radius 2 is 2.11 bits per heavy atom. The van der Waals surface area contributed by atoms with Crippen molar-refractivity contribution >= 4 is 34.9 Å². The highest BCUT2D eigenvalue weighted by molar-refractivity contribution is 6.33. The predicted octanol–water partition coefficient (Wildman–Crippen LogP) is 1.43. The summed E-state index contributed by atoms with van der Waals surface area (Å²) in [6, 6.07) is 4.54. The Kier molecular flexibility index (Phi) is 3.34. The molecule has 1 aliphatic heterocycles. The maximum absolute atomic E-state index is 11.6. The SMILES string of the molecule is COC(=O)c1cc(N2CC(=O)CC2=O)ccc1Cl. The number of nitrogens with zero attached hydrogens (tertiary/aromatic N) is 1. The van der Waals surface area contributed by atoms with Crippen molar-refractivity contribution in [2.24, 2.45) is 0 Å². The fourth-order valence-electron chi connectivity index (χ4n) is 1.77. The molecule has 0 aliphatic carbocycles. The highest BCUT2D eigenvalue weighted by Gasteiger charge is 2.29. The first-order chi connectivity index (χ1) is 8.52. The number of hydrogen-bond acceptors (Lipinski definition) is 4. The number of hydrogen-bond donors (Lipinski definition) is 0. The number of anilines is 1. The normalized spacial score (nSPS) is 15.1. The van der Waals surface area contributed by atoms with Gasteiger partial charge in [-0.05, 0) is 18.2 Å². The second kappa shape index (κ2) is 4.78. The zero-order valence-corrected chi connectivity index (χ0v) is 10.4. The number of benzene rings is 1. The summed E-state index contributed by atoms with van der Waals surface area (Å²) in [7, 11) is 1.25. The van der Waals surface area contributed by atoms with Crippen LogP contribution in [0, 0.1) is 0 Å². The summed E-state index contributed by atoms with van der Waals surface area (Å²) >= 11 is 5.87. The summed E-state index contributed by atoms with van der Waals surface area (Å²) in [5.41, 5.74) is 0.638. The first-order valence-electron chi connectivity index (χ1n) is 5.23. The molecule has 0 aromatic heterocycles. The molecule has 1 saturated heterocycles. The number of Topliss-reactive ketones (excluding diaryl/α,β-unsaturated/α-hetero) is 1. The molecule has 0 saturated carbocycles. The van der Waals surface area contributed by atoms with Crippen LogP contribution in [0.15, 0.2) is 18.2 Å². The van der Waals surface area contributed by atoms with Gasteiger partial charge in [0.2, 0.25) is 5.91 Å². The van der Waals surface area contributed by atoms with Crippen molar-refractivity contribution in [2.75, 3.05) is 18.6 Å². The molecule has 1 amide bonds. The van der Waals surface area contributed by atoms with Gasteiger partial charge in [0.05, 0.1) is 30.7 Å². The Hall–Kier alpha value is -1.88. The number of ketones is 1. The lowest BCUT2D eigenvalue weighted by Crippen LogP contribution is -2.24. The highest BCUT2D eigenvalue weighted by Crippen LogP contribution is 2.26. The third kappa shape index (κ3) is 2.22. The highest BCUT2D eigenvalue weighted by atomic mass is 35.5. The quantitative estimate of drug-likeness (QED) is 0.601. The largest absolute Gasteiger partial charge is 0.465 e. The molecular formula is C12H10ClNO4. The smallest absolute Gasteiger partial charge is 0.339 e. The molecule has 6 heteroatoms. The summed E-state index contributed by atoms with van der Waals surface area (Å²) in [6.07, 6.45) is -0.101. The Bertz CT molecular complexity index is 541. The maximum atomic E-state index is 11.6. The number of rotatable bonds is 2. The van der Waals surface area contributed by atoms with Crippen molar-refractivity contribution < 1.29 is 19.1 Å². The molecule has 0 atom stereocenters. The average Bonchev–Trinajstić information content (AvgIpc) is 2.68. The van der Waals surface area contributed by atoms with E-state index >= 15 is 0 Å². The van der Waals surface area contributed by atoms with E-state index in [9.17, 15) is 14.4 Å². The Balaban J connectivity index is 2.38. The molecule has 0 bridgehead atoms. The number of carbonyl (C=O) groups is 3. The van der Waals surface area contributed by atoms with E-state index in [2.05, 4.69) is 4.74 Å². The van der Waals surface area contributed by atoms with Crippen molar-refractivity contribution in [2.45, 2.75) is 6.42 Å². The standard InChI is InChI=1S/C12H10ClNO4/c1-18-12(17)9-4-7(2-3-10(9)13)14-6-8(15)5-11(14)16/h2-4H,5-6H2,1H3. The van der Waals surface area contributed by atoms with Crippen LogP contribution in [0.3, 0.4) is 0 Å². The summed E-state index contributed by atoms with van der Waals surface area (Å²) < 4.78 is 4.59. The number of methoxy groups -OCH3 is 1. The van der Waals surface area contributed by atoms with Crippen molar-refractivity contribution in [3.8, 4) is 0 Å². The van der Waals surface area contributed by atoms with E-state index in [1.54, 1.807) is 6.07 Å². The minimum Gasteiger partial charge on any atom is -0.465 e. The van der Waals surface area contributed by atoms with Gasteiger partial charge in [0.1, 0.15) is 0 Å². The lowest BCUT2D eigenvalue weighted by atomic mass is 10.2. The van der Waals surface area contributed by atoms with Crippen LogP contribution >= 0.6 is 11.6 Å². The van der Waals surface area contributed by atoms with E-state index in [4.69, 9.17) is 11.6 Å². The van der Waals surface area contributed by atoms with Gasteiger partial charge in [0, 0.05) is 5.69 Å². The van der Waals surface area contributed by atoms with Gasteiger partial charge in [-0.25, -0.2) is 4.79 Å². The molecule has 2 rings (SSSR count). The van der Waals surface area contributed by atoms with Crippen molar-refractivity contribution in [3.63, 3.8) is 0 Å². The molecule has 18 heavy (non-hydrogen) atoms. The molecule has 94 valence electrons. The molecular weight excluding hydrogens is 258 g/mol. The molecule has 0 spiro atoms. The van der Waals surface area contributed by atoms with Crippen LogP contribution in [0.1, 0.15) is 16.8 Å². The fourth-order valence-corrected chi connectivity index (χ4v) is 1.96. The maximum Gasteiger partial charge on any atom is 0.339 e. The molecule has 1 aliphatic rings. The summed E-state index contributed by atoms with van der Waals surface area (Å²) in [6.45, 7) is 0.0288. The first-order valence-corrected chi connectivity index (χ1v) is 5.60. The third-order valence-corrected chi connectivity index (χ3v) is 2.98. The van der Waals surface area contributed by atoms with E-state index in [0.29, 0.717) is 5.69 Å². The van der Waals surface area contributed by atoms with E-state index < -0.39 is 5.97 Å². The number of halogens is 1. The number of ether oxygens (including phenoxy) is 1. The number of carbonyl (C=O) groups excluding carboxylic acids is 3. The van der Waals surface area contributed by atoms with Crippen LogP contribution in [0.5, 0.6) is 0 Å². The van der Waals surface area contributed by atoms with Crippen LogP contribution in [-0.2, 0) is 14.3 Å². The van der Waals surface area contributed by atoms with Gasteiger partial charge in [-0.3, -0.25) is 9.59 Å². The van der Waals surface area contributed by atoms with Crippen molar-refractivity contribution in [1.82, 2.24) is 0 Å². The van der Waals surface area contributed by atoms with E-state index in [-0.39, 0.29) is 35.2 Å². The summed E-state index contributed by atoms with van der Waals surface area (Å²) in [5.74, 6) is -1.01. The van der Waals surface area contributed by atoms with Gasteiger partial charge >= 0.3 is 5.97 Å². The molecule has 1 aromatic rings. The van der Waals surface area contributed by atoms with E-state index in [0.717, 1.165) is 0 Å². The third-order valence-electron chi connectivity index (χ3n) is 2.65.